The predicted molar refractivity (Wildman–Crippen MR) is 55.3 cm³/mol. The normalized spacial score (nSPS) is 9.80. The van der Waals surface area contributed by atoms with Crippen molar-refractivity contribution >= 4 is 16.5 Å². The van der Waals surface area contributed by atoms with E-state index in [1.165, 1.54) is 6.07 Å². The summed E-state index contributed by atoms with van der Waals surface area (Å²) in [6.45, 7) is 0. The van der Waals surface area contributed by atoms with Crippen LogP contribution in [-0.4, -0.2) is 4.92 Å². The molecule has 15 heavy (non-hydrogen) atoms. The van der Waals surface area contributed by atoms with E-state index in [0.29, 0.717) is 5.39 Å². The molecule has 0 N–H and O–H groups in total. The van der Waals surface area contributed by atoms with Gasteiger partial charge in [0.15, 0.2) is 0 Å². The molecule has 0 saturated carbocycles. The number of nitro benzene ring substituents is 1. The Kier molecular flexibility index (Phi) is 2.07. The van der Waals surface area contributed by atoms with Crippen LogP contribution in [0.3, 0.4) is 0 Å². The van der Waals surface area contributed by atoms with Gasteiger partial charge >= 0.3 is 0 Å². The number of hydrogen-bond acceptors (Lipinski definition) is 3. The van der Waals surface area contributed by atoms with Gasteiger partial charge in [0.1, 0.15) is 11.6 Å². The van der Waals surface area contributed by atoms with Crippen LogP contribution in [-0.2, 0) is 0 Å². The van der Waals surface area contributed by atoms with Gasteiger partial charge in [-0.25, -0.2) is 0 Å². The van der Waals surface area contributed by atoms with Crippen molar-refractivity contribution in [3.8, 4) is 6.07 Å². The van der Waals surface area contributed by atoms with Crippen molar-refractivity contribution in [2.45, 2.75) is 0 Å². The molecule has 0 amide bonds. The van der Waals surface area contributed by atoms with Gasteiger partial charge in [0, 0.05) is 11.5 Å². The van der Waals surface area contributed by atoms with Gasteiger partial charge < -0.3 is 0 Å². The van der Waals surface area contributed by atoms with Crippen LogP contribution < -0.4 is 0 Å². The quantitative estimate of drug-likeness (QED) is 0.522. The van der Waals surface area contributed by atoms with Crippen molar-refractivity contribution in [3.05, 3.63) is 52.1 Å². The highest BCUT2D eigenvalue weighted by molar-refractivity contribution is 5.91. The zero-order valence-electron chi connectivity index (χ0n) is 7.68. The summed E-state index contributed by atoms with van der Waals surface area (Å²) in [5.41, 5.74) is -0.0192. The van der Waals surface area contributed by atoms with Crippen molar-refractivity contribution in [3.63, 3.8) is 0 Å². The lowest BCUT2D eigenvalue weighted by molar-refractivity contribution is -0.385. The molecular formula is C11H6N2O2. The zero-order chi connectivity index (χ0) is 10.8. The Morgan fingerprint density at radius 3 is 2.60 bits per heavy atom. The van der Waals surface area contributed by atoms with Crippen molar-refractivity contribution in [2.75, 3.05) is 0 Å². The first-order chi connectivity index (χ1) is 7.24. The smallest absolute Gasteiger partial charge is 0.258 e. The van der Waals surface area contributed by atoms with Crippen LogP contribution in [0.5, 0.6) is 0 Å². The van der Waals surface area contributed by atoms with Gasteiger partial charge in [0.05, 0.1) is 4.92 Å². The molecule has 0 aliphatic rings. The minimum Gasteiger partial charge on any atom is -0.258 e. The molecule has 0 spiro atoms. The molecule has 0 aliphatic heterocycles. The summed E-state index contributed by atoms with van der Waals surface area (Å²) < 4.78 is 0. The Morgan fingerprint density at radius 1 is 1.20 bits per heavy atom. The molecule has 2 rings (SSSR count). The average Bonchev–Trinajstić information content (AvgIpc) is 2.27. The third-order valence-corrected chi connectivity index (χ3v) is 2.22. The number of rotatable bonds is 1. The van der Waals surface area contributed by atoms with Crippen LogP contribution in [0.15, 0.2) is 36.4 Å². The predicted octanol–water partition coefficient (Wildman–Crippen LogP) is 2.62. The Hall–Kier alpha value is -2.41. The second kappa shape index (κ2) is 3.39. The first kappa shape index (κ1) is 9.16. The maximum atomic E-state index is 10.7. The molecule has 2 aromatic carbocycles. The van der Waals surface area contributed by atoms with Crippen molar-refractivity contribution in [1.29, 1.82) is 5.26 Å². The molecule has 2 aromatic rings. The number of nitriles is 1. The lowest BCUT2D eigenvalue weighted by atomic mass is 10.0. The van der Waals surface area contributed by atoms with Crippen LogP contribution >= 0.6 is 0 Å². The summed E-state index contributed by atoms with van der Waals surface area (Å²) >= 11 is 0. The maximum absolute atomic E-state index is 10.7. The van der Waals surface area contributed by atoms with Crippen LogP contribution in [0.1, 0.15) is 5.56 Å². The molecule has 0 heterocycles. The van der Waals surface area contributed by atoms with Crippen molar-refractivity contribution < 1.29 is 4.92 Å². The highest BCUT2D eigenvalue weighted by atomic mass is 16.6. The molecule has 0 bridgehead atoms. The Morgan fingerprint density at radius 2 is 1.93 bits per heavy atom. The van der Waals surface area contributed by atoms with Gasteiger partial charge in [-0.3, -0.25) is 10.1 Å². The van der Waals surface area contributed by atoms with E-state index in [9.17, 15) is 10.1 Å². The largest absolute Gasteiger partial charge is 0.287 e. The fraction of sp³-hybridized carbons (Fsp3) is 0. The highest BCUT2D eigenvalue weighted by Crippen LogP contribution is 2.26. The number of nitro groups is 1. The number of benzene rings is 2. The van der Waals surface area contributed by atoms with E-state index >= 15 is 0 Å². The standard InChI is InChI=1S/C11H6N2O2/c12-7-10-9-4-2-1-3-8(9)5-6-11(10)13(14)15/h1-6H. The Labute approximate surface area is 85.5 Å². The number of fused-ring (bicyclic) bond motifs is 1. The number of nitrogens with zero attached hydrogens (tertiary/aromatic N) is 2. The molecule has 0 aromatic heterocycles. The fourth-order valence-electron chi connectivity index (χ4n) is 1.53. The Balaban J connectivity index is 2.89. The first-order valence-corrected chi connectivity index (χ1v) is 4.30. The third-order valence-electron chi connectivity index (χ3n) is 2.22. The summed E-state index contributed by atoms with van der Waals surface area (Å²) in [6.07, 6.45) is 0. The second-order valence-corrected chi connectivity index (χ2v) is 3.05. The molecule has 4 heteroatoms. The molecule has 0 saturated heterocycles. The lowest BCUT2D eigenvalue weighted by Crippen LogP contribution is -1.92. The van der Waals surface area contributed by atoms with E-state index in [2.05, 4.69) is 0 Å². The summed E-state index contributed by atoms with van der Waals surface area (Å²) in [7, 11) is 0. The minimum absolute atomic E-state index is 0.123. The van der Waals surface area contributed by atoms with Gasteiger partial charge in [-0.1, -0.05) is 24.3 Å². The summed E-state index contributed by atoms with van der Waals surface area (Å²) in [4.78, 5) is 10.1. The fourth-order valence-corrected chi connectivity index (χ4v) is 1.53. The second-order valence-electron chi connectivity index (χ2n) is 3.05. The van der Waals surface area contributed by atoms with E-state index in [1.807, 2.05) is 18.2 Å². The first-order valence-electron chi connectivity index (χ1n) is 4.30. The zero-order valence-corrected chi connectivity index (χ0v) is 7.68. The molecular weight excluding hydrogens is 192 g/mol. The van der Waals surface area contributed by atoms with Crippen LogP contribution in [0, 0.1) is 21.4 Å². The van der Waals surface area contributed by atoms with E-state index in [-0.39, 0.29) is 11.3 Å². The molecule has 0 aliphatic carbocycles. The van der Waals surface area contributed by atoms with Crippen molar-refractivity contribution in [1.82, 2.24) is 0 Å². The van der Waals surface area contributed by atoms with E-state index in [1.54, 1.807) is 18.2 Å². The highest BCUT2D eigenvalue weighted by Gasteiger charge is 2.15. The topological polar surface area (TPSA) is 66.9 Å². The van der Waals surface area contributed by atoms with Gasteiger partial charge in [0.25, 0.3) is 5.69 Å². The van der Waals surface area contributed by atoms with Gasteiger partial charge in [-0.15, -0.1) is 0 Å². The molecule has 0 unspecified atom stereocenters. The van der Waals surface area contributed by atoms with Crippen molar-refractivity contribution in [2.24, 2.45) is 0 Å². The van der Waals surface area contributed by atoms with Crippen LogP contribution in [0.2, 0.25) is 0 Å². The Bertz CT molecular complexity index is 585. The van der Waals surface area contributed by atoms with Crippen LogP contribution in [0.4, 0.5) is 5.69 Å². The monoisotopic (exact) mass is 198 g/mol. The maximum Gasteiger partial charge on any atom is 0.287 e. The van der Waals surface area contributed by atoms with E-state index < -0.39 is 4.92 Å². The molecule has 72 valence electrons. The van der Waals surface area contributed by atoms with Gasteiger partial charge in [-0.05, 0) is 11.5 Å². The summed E-state index contributed by atoms with van der Waals surface area (Å²) in [6, 6.07) is 12.0. The van der Waals surface area contributed by atoms with E-state index in [0.717, 1.165) is 5.39 Å². The van der Waals surface area contributed by atoms with Crippen LogP contribution in [0.25, 0.3) is 10.8 Å². The van der Waals surface area contributed by atoms with Gasteiger partial charge in [0.2, 0.25) is 0 Å². The minimum atomic E-state index is -0.537. The average molecular weight is 198 g/mol. The van der Waals surface area contributed by atoms with Gasteiger partial charge in [-0.2, -0.15) is 5.26 Å². The lowest BCUT2D eigenvalue weighted by Gasteiger charge is -2.00. The molecule has 0 atom stereocenters. The summed E-state index contributed by atoms with van der Waals surface area (Å²) in [5, 5.41) is 21.0. The third kappa shape index (κ3) is 1.40. The number of hydrogen-bond donors (Lipinski definition) is 0. The molecule has 4 nitrogen and oxygen atoms in total. The van der Waals surface area contributed by atoms with E-state index in [4.69, 9.17) is 5.26 Å². The summed E-state index contributed by atoms with van der Waals surface area (Å²) in [5.74, 6) is 0. The molecule has 0 radical (unpaired) electrons. The molecule has 0 fully saturated rings. The SMILES string of the molecule is N#Cc1c([N+](=O)[O-])ccc2ccccc12.